The molecule has 5 nitrogen and oxygen atoms in total. The molecule has 0 aliphatic carbocycles. The number of hydrogen-bond acceptors (Lipinski definition) is 4. The molecule has 0 radical (unpaired) electrons. The molecule has 2 atom stereocenters. The first-order valence-corrected chi connectivity index (χ1v) is 4.37. The standard InChI is InChI=1S/C8H17N3O2/c1-8(2,3)13-7(12)11-5-4-10-6(5)9/h5-6,10H,4,9H2,1-3H3,(H,11,12)/t5-,6+/m0/s1. The van der Waals surface area contributed by atoms with Gasteiger partial charge < -0.3 is 15.8 Å². The molecule has 1 saturated heterocycles. The van der Waals surface area contributed by atoms with E-state index >= 15 is 0 Å². The molecule has 0 aromatic heterocycles. The van der Waals surface area contributed by atoms with Gasteiger partial charge in [-0.2, -0.15) is 0 Å². The van der Waals surface area contributed by atoms with E-state index in [0.29, 0.717) is 6.54 Å². The quantitative estimate of drug-likeness (QED) is 0.530. The van der Waals surface area contributed by atoms with Crippen molar-refractivity contribution in [1.29, 1.82) is 0 Å². The summed E-state index contributed by atoms with van der Waals surface area (Å²) in [6.45, 7) is 6.18. The van der Waals surface area contributed by atoms with Crippen LogP contribution in [-0.2, 0) is 4.74 Å². The van der Waals surface area contributed by atoms with Crippen molar-refractivity contribution in [3.8, 4) is 0 Å². The zero-order chi connectivity index (χ0) is 10.1. The molecule has 1 amide bonds. The highest BCUT2D eigenvalue weighted by Crippen LogP contribution is 2.07. The average molecular weight is 187 g/mol. The van der Waals surface area contributed by atoms with Gasteiger partial charge >= 0.3 is 6.09 Å². The third-order valence-corrected chi connectivity index (χ3v) is 1.71. The zero-order valence-electron chi connectivity index (χ0n) is 8.26. The summed E-state index contributed by atoms with van der Waals surface area (Å²) in [6.07, 6.45) is -0.554. The number of nitrogens with two attached hydrogens (primary N) is 1. The molecular formula is C8H17N3O2. The Balaban J connectivity index is 2.25. The van der Waals surface area contributed by atoms with Crippen LogP contribution in [0.1, 0.15) is 20.8 Å². The number of rotatable bonds is 1. The van der Waals surface area contributed by atoms with E-state index in [1.165, 1.54) is 0 Å². The Hall–Kier alpha value is -0.810. The molecule has 1 fully saturated rings. The van der Waals surface area contributed by atoms with E-state index in [0.717, 1.165) is 0 Å². The van der Waals surface area contributed by atoms with Crippen LogP contribution in [-0.4, -0.2) is 30.4 Å². The van der Waals surface area contributed by atoms with Crippen molar-refractivity contribution in [2.45, 2.75) is 38.6 Å². The second kappa shape index (κ2) is 3.51. The monoisotopic (exact) mass is 187 g/mol. The van der Waals surface area contributed by atoms with Gasteiger partial charge in [0, 0.05) is 6.54 Å². The van der Waals surface area contributed by atoms with Gasteiger partial charge in [-0.3, -0.25) is 5.32 Å². The fraction of sp³-hybridized carbons (Fsp3) is 0.875. The predicted molar refractivity (Wildman–Crippen MR) is 49.1 cm³/mol. The van der Waals surface area contributed by atoms with Crippen molar-refractivity contribution in [2.75, 3.05) is 6.54 Å². The molecule has 1 aliphatic heterocycles. The fourth-order valence-electron chi connectivity index (χ4n) is 0.972. The maximum atomic E-state index is 11.2. The second-order valence-corrected chi connectivity index (χ2v) is 4.19. The van der Waals surface area contributed by atoms with Crippen molar-refractivity contribution in [1.82, 2.24) is 10.6 Å². The Morgan fingerprint density at radius 2 is 2.23 bits per heavy atom. The van der Waals surface area contributed by atoms with E-state index in [2.05, 4.69) is 10.6 Å². The van der Waals surface area contributed by atoms with Crippen LogP contribution in [0.3, 0.4) is 0 Å². The van der Waals surface area contributed by atoms with Gasteiger partial charge in [0.2, 0.25) is 0 Å². The number of hydrogen-bond donors (Lipinski definition) is 3. The molecule has 1 rings (SSSR count). The molecule has 1 aliphatic rings. The van der Waals surface area contributed by atoms with Crippen LogP contribution in [0.2, 0.25) is 0 Å². The lowest BCUT2D eigenvalue weighted by Crippen LogP contribution is -2.69. The molecular weight excluding hydrogens is 170 g/mol. The summed E-state index contributed by atoms with van der Waals surface area (Å²) < 4.78 is 5.06. The molecule has 5 heteroatoms. The normalized spacial score (nSPS) is 27.7. The lowest BCUT2D eigenvalue weighted by atomic mass is 10.1. The van der Waals surface area contributed by atoms with Gasteiger partial charge in [-0.25, -0.2) is 4.79 Å². The molecule has 4 N–H and O–H groups in total. The molecule has 76 valence electrons. The van der Waals surface area contributed by atoms with Crippen LogP contribution in [0, 0.1) is 0 Å². The van der Waals surface area contributed by atoms with Crippen molar-refractivity contribution < 1.29 is 9.53 Å². The second-order valence-electron chi connectivity index (χ2n) is 4.19. The van der Waals surface area contributed by atoms with E-state index in [1.807, 2.05) is 20.8 Å². The minimum Gasteiger partial charge on any atom is -0.444 e. The minimum atomic E-state index is -0.453. The highest BCUT2D eigenvalue weighted by Gasteiger charge is 2.29. The van der Waals surface area contributed by atoms with Crippen LogP contribution >= 0.6 is 0 Å². The van der Waals surface area contributed by atoms with Crippen LogP contribution in [0.5, 0.6) is 0 Å². The number of ether oxygens (including phenoxy) is 1. The van der Waals surface area contributed by atoms with Gasteiger partial charge in [-0.1, -0.05) is 0 Å². The Bertz CT molecular complexity index is 200. The molecule has 0 spiro atoms. The van der Waals surface area contributed by atoms with Gasteiger partial charge in [-0.05, 0) is 20.8 Å². The van der Waals surface area contributed by atoms with Crippen LogP contribution in [0.4, 0.5) is 4.79 Å². The van der Waals surface area contributed by atoms with Crippen LogP contribution < -0.4 is 16.4 Å². The number of carbonyl (C=O) groups is 1. The predicted octanol–water partition coefficient (Wildman–Crippen LogP) is -0.232. The van der Waals surface area contributed by atoms with Gasteiger partial charge in [0.25, 0.3) is 0 Å². The molecule has 13 heavy (non-hydrogen) atoms. The fourth-order valence-corrected chi connectivity index (χ4v) is 0.972. The van der Waals surface area contributed by atoms with Crippen molar-refractivity contribution >= 4 is 6.09 Å². The van der Waals surface area contributed by atoms with E-state index in [4.69, 9.17) is 10.5 Å². The first kappa shape index (κ1) is 10.3. The summed E-state index contributed by atoms with van der Waals surface area (Å²) in [5.74, 6) is 0. The largest absolute Gasteiger partial charge is 0.444 e. The average Bonchev–Trinajstić information content (AvgIpc) is 1.94. The Morgan fingerprint density at radius 1 is 1.62 bits per heavy atom. The summed E-state index contributed by atoms with van der Waals surface area (Å²) in [7, 11) is 0. The molecule has 0 saturated carbocycles. The summed E-state index contributed by atoms with van der Waals surface area (Å²) in [5.41, 5.74) is 5.10. The highest BCUT2D eigenvalue weighted by atomic mass is 16.6. The highest BCUT2D eigenvalue weighted by molar-refractivity contribution is 5.68. The van der Waals surface area contributed by atoms with Crippen LogP contribution in [0.25, 0.3) is 0 Å². The van der Waals surface area contributed by atoms with E-state index < -0.39 is 11.7 Å². The van der Waals surface area contributed by atoms with Crippen molar-refractivity contribution in [3.63, 3.8) is 0 Å². The Morgan fingerprint density at radius 3 is 2.54 bits per heavy atom. The van der Waals surface area contributed by atoms with Crippen molar-refractivity contribution in [2.24, 2.45) is 5.73 Å². The van der Waals surface area contributed by atoms with Gasteiger partial charge in [0.15, 0.2) is 0 Å². The first-order chi connectivity index (χ1) is 5.88. The minimum absolute atomic E-state index is 0.00477. The zero-order valence-corrected chi connectivity index (χ0v) is 8.26. The van der Waals surface area contributed by atoms with Gasteiger partial charge in [0.05, 0.1) is 12.2 Å². The van der Waals surface area contributed by atoms with Crippen molar-refractivity contribution in [3.05, 3.63) is 0 Å². The number of amides is 1. The summed E-state index contributed by atoms with van der Waals surface area (Å²) in [6, 6.07) is -0.00477. The maximum absolute atomic E-state index is 11.2. The van der Waals surface area contributed by atoms with Gasteiger partial charge in [0.1, 0.15) is 5.60 Å². The van der Waals surface area contributed by atoms with Crippen LogP contribution in [0.15, 0.2) is 0 Å². The topological polar surface area (TPSA) is 76.4 Å². The molecule has 0 aromatic carbocycles. The molecule has 1 heterocycles. The van der Waals surface area contributed by atoms with E-state index in [9.17, 15) is 4.79 Å². The molecule has 0 bridgehead atoms. The molecule has 0 aromatic rings. The van der Waals surface area contributed by atoms with Gasteiger partial charge in [-0.15, -0.1) is 0 Å². The SMILES string of the molecule is CC(C)(C)OC(=O)N[C@H]1CN[C@H]1N. The first-order valence-electron chi connectivity index (χ1n) is 4.37. The number of carbonyl (C=O) groups excluding carboxylic acids is 1. The third kappa shape index (κ3) is 3.20. The lowest BCUT2D eigenvalue weighted by molar-refractivity contribution is 0.0465. The Labute approximate surface area is 78.0 Å². The smallest absolute Gasteiger partial charge is 0.408 e. The maximum Gasteiger partial charge on any atom is 0.408 e. The number of nitrogens with one attached hydrogen (secondary N) is 2. The summed E-state index contributed by atoms with van der Waals surface area (Å²) in [4.78, 5) is 11.2. The third-order valence-electron chi connectivity index (χ3n) is 1.71. The van der Waals surface area contributed by atoms with E-state index in [-0.39, 0.29) is 12.2 Å². The molecule has 0 unspecified atom stereocenters. The summed E-state index contributed by atoms with van der Waals surface area (Å²) >= 11 is 0. The van der Waals surface area contributed by atoms with E-state index in [1.54, 1.807) is 0 Å². The Kier molecular flexibility index (Phi) is 2.77. The summed E-state index contributed by atoms with van der Waals surface area (Å²) in [5, 5.41) is 5.61. The lowest BCUT2D eigenvalue weighted by Gasteiger charge is -2.35. The number of alkyl carbamates (subject to hydrolysis) is 1.